The van der Waals surface area contributed by atoms with E-state index in [0.717, 1.165) is 6.08 Å². The maximum atomic E-state index is 10.6. The van der Waals surface area contributed by atoms with Crippen molar-refractivity contribution in [2.75, 3.05) is 0 Å². The molecule has 0 aromatic rings. The average Bonchev–Trinajstić information content (AvgIpc) is 1.87. The van der Waals surface area contributed by atoms with Crippen molar-refractivity contribution in [1.82, 2.24) is 0 Å². The average molecular weight is 142 g/mol. The monoisotopic (exact) mass is 142 g/mol. The lowest BCUT2D eigenvalue weighted by molar-refractivity contribution is -0.132. The Bertz CT molecular complexity index is 179. The first kappa shape index (κ1) is 8.88. The van der Waals surface area contributed by atoms with Gasteiger partial charge < -0.3 is 5.11 Å². The molecule has 0 spiro atoms. The first-order valence-corrected chi connectivity index (χ1v) is 3.02. The molecular weight excluding hydrogens is 132 g/mol. The van der Waals surface area contributed by atoms with Crippen LogP contribution in [0.1, 0.15) is 20.3 Å². The Kier molecular flexibility index (Phi) is 3.39. The standard InChI is InChI=1S/C7H10O3/c1-3-6(8)4-5(2)7(9)10/h4H,3H2,1-2H3,(H,9,10)/b5-4+. The molecule has 0 aliphatic heterocycles. The minimum Gasteiger partial charge on any atom is -0.478 e. The van der Waals surface area contributed by atoms with E-state index >= 15 is 0 Å². The SMILES string of the molecule is CCC(=O)/C=C(\C)C(=O)O. The molecule has 0 fully saturated rings. The number of hydrogen-bond acceptors (Lipinski definition) is 2. The zero-order valence-electron chi connectivity index (χ0n) is 6.05. The van der Waals surface area contributed by atoms with Gasteiger partial charge in [-0.3, -0.25) is 4.79 Å². The molecule has 0 aromatic heterocycles. The van der Waals surface area contributed by atoms with Gasteiger partial charge in [-0.1, -0.05) is 6.92 Å². The summed E-state index contributed by atoms with van der Waals surface area (Å²) < 4.78 is 0. The number of allylic oxidation sites excluding steroid dienone is 1. The lowest BCUT2D eigenvalue weighted by atomic mass is 10.2. The van der Waals surface area contributed by atoms with Crippen LogP contribution >= 0.6 is 0 Å². The molecule has 0 bridgehead atoms. The van der Waals surface area contributed by atoms with Gasteiger partial charge in [0, 0.05) is 12.0 Å². The number of hydrogen-bond donors (Lipinski definition) is 1. The topological polar surface area (TPSA) is 54.4 Å². The number of carbonyl (C=O) groups excluding carboxylic acids is 1. The van der Waals surface area contributed by atoms with Crippen LogP contribution in [0.2, 0.25) is 0 Å². The smallest absolute Gasteiger partial charge is 0.331 e. The lowest BCUT2D eigenvalue weighted by Gasteiger charge is -1.89. The van der Waals surface area contributed by atoms with E-state index in [1.807, 2.05) is 0 Å². The summed E-state index contributed by atoms with van der Waals surface area (Å²) in [5.41, 5.74) is 0.0897. The van der Waals surface area contributed by atoms with Gasteiger partial charge in [0.1, 0.15) is 0 Å². The molecule has 10 heavy (non-hydrogen) atoms. The summed E-state index contributed by atoms with van der Waals surface area (Å²) in [5, 5.41) is 8.31. The quantitative estimate of drug-likeness (QED) is 0.598. The number of rotatable bonds is 3. The molecule has 0 saturated heterocycles. The van der Waals surface area contributed by atoms with Crippen LogP contribution < -0.4 is 0 Å². The fourth-order valence-electron chi connectivity index (χ4n) is 0.405. The van der Waals surface area contributed by atoms with Crippen LogP contribution in [0.5, 0.6) is 0 Å². The second-order valence-electron chi connectivity index (χ2n) is 1.95. The third-order valence-corrected chi connectivity index (χ3v) is 1.06. The van der Waals surface area contributed by atoms with Gasteiger partial charge in [-0.2, -0.15) is 0 Å². The van der Waals surface area contributed by atoms with Crippen LogP contribution in [0, 0.1) is 0 Å². The van der Waals surface area contributed by atoms with Crippen molar-refractivity contribution in [2.24, 2.45) is 0 Å². The van der Waals surface area contributed by atoms with Crippen LogP contribution in [-0.4, -0.2) is 16.9 Å². The van der Waals surface area contributed by atoms with Crippen molar-refractivity contribution in [3.05, 3.63) is 11.6 Å². The van der Waals surface area contributed by atoms with Crippen molar-refractivity contribution in [3.8, 4) is 0 Å². The Hall–Kier alpha value is -1.12. The maximum absolute atomic E-state index is 10.6. The molecule has 0 aliphatic carbocycles. The van der Waals surface area contributed by atoms with Gasteiger partial charge in [0.25, 0.3) is 0 Å². The van der Waals surface area contributed by atoms with Gasteiger partial charge in [0.15, 0.2) is 5.78 Å². The van der Waals surface area contributed by atoms with E-state index in [-0.39, 0.29) is 11.4 Å². The third-order valence-electron chi connectivity index (χ3n) is 1.06. The Balaban J connectivity index is 4.16. The second kappa shape index (κ2) is 3.82. The van der Waals surface area contributed by atoms with Crippen LogP contribution in [0.3, 0.4) is 0 Å². The van der Waals surface area contributed by atoms with E-state index in [2.05, 4.69) is 0 Å². The van der Waals surface area contributed by atoms with Gasteiger partial charge in [-0.25, -0.2) is 4.79 Å². The highest BCUT2D eigenvalue weighted by atomic mass is 16.4. The first-order valence-electron chi connectivity index (χ1n) is 3.02. The Morgan fingerprint density at radius 1 is 1.50 bits per heavy atom. The molecular formula is C7H10O3. The number of carboxylic acid groups (broad SMARTS) is 1. The van der Waals surface area contributed by atoms with E-state index in [0.29, 0.717) is 6.42 Å². The van der Waals surface area contributed by atoms with E-state index in [9.17, 15) is 9.59 Å². The Labute approximate surface area is 59.4 Å². The summed E-state index contributed by atoms with van der Waals surface area (Å²) in [4.78, 5) is 20.7. The summed E-state index contributed by atoms with van der Waals surface area (Å²) in [6, 6.07) is 0. The predicted octanol–water partition coefficient (Wildman–Crippen LogP) is 0.996. The maximum Gasteiger partial charge on any atom is 0.331 e. The molecule has 56 valence electrons. The molecule has 3 heteroatoms. The zero-order chi connectivity index (χ0) is 8.15. The van der Waals surface area contributed by atoms with Crippen LogP contribution in [0.15, 0.2) is 11.6 Å². The van der Waals surface area contributed by atoms with Crippen LogP contribution in [0.25, 0.3) is 0 Å². The van der Waals surface area contributed by atoms with Gasteiger partial charge in [0.05, 0.1) is 0 Å². The Morgan fingerprint density at radius 2 is 2.00 bits per heavy atom. The highest BCUT2D eigenvalue weighted by Crippen LogP contribution is 1.93. The summed E-state index contributed by atoms with van der Waals surface area (Å²) in [7, 11) is 0. The number of carboxylic acids is 1. The first-order chi connectivity index (χ1) is 4.57. The van der Waals surface area contributed by atoms with Gasteiger partial charge in [-0.15, -0.1) is 0 Å². The zero-order valence-corrected chi connectivity index (χ0v) is 6.05. The van der Waals surface area contributed by atoms with Crippen molar-refractivity contribution in [2.45, 2.75) is 20.3 Å². The van der Waals surface area contributed by atoms with Gasteiger partial charge in [0.2, 0.25) is 0 Å². The van der Waals surface area contributed by atoms with E-state index in [1.54, 1.807) is 6.92 Å². The highest BCUT2D eigenvalue weighted by Gasteiger charge is 2.01. The molecule has 0 rings (SSSR count). The molecule has 0 amide bonds. The second-order valence-corrected chi connectivity index (χ2v) is 1.95. The van der Waals surface area contributed by atoms with Crippen molar-refractivity contribution in [3.63, 3.8) is 0 Å². The largest absolute Gasteiger partial charge is 0.478 e. The molecule has 0 radical (unpaired) electrons. The molecule has 0 saturated carbocycles. The molecule has 0 aromatic carbocycles. The highest BCUT2D eigenvalue weighted by molar-refractivity contribution is 5.98. The van der Waals surface area contributed by atoms with Gasteiger partial charge >= 0.3 is 5.97 Å². The van der Waals surface area contributed by atoms with E-state index in [1.165, 1.54) is 6.92 Å². The molecule has 0 atom stereocenters. The van der Waals surface area contributed by atoms with Gasteiger partial charge in [-0.05, 0) is 13.0 Å². The summed E-state index contributed by atoms with van der Waals surface area (Å²) in [5.74, 6) is -1.19. The Morgan fingerprint density at radius 3 is 2.30 bits per heavy atom. The van der Waals surface area contributed by atoms with Crippen molar-refractivity contribution in [1.29, 1.82) is 0 Å². The molecule has 0 aliphatic rings. The van der Waals surface area contributed by atoms with Crippen molar-refractivity contribution >= 4 is 11.8 Å². The third kappa shape index (κ3) is 3.02. The molecule has 0 unspecified atom stereocenters. The minimum absolute atomic E-state index is 0.0897. The normalized spacial score (nSPS) is 11.2. The summed E-state index contributed by atoms with van der Waals surface area (Å²) >= 11 is 0. The fraction of sp³-hybridized carbons (Fsp3) is 0.429. The van der Waals surface area contributed by atoms with Crippen molar-refractivity contribution < 1.29 is 14.7 Å². The van der Waals surface area contributed by atoms with E-state index < -0.39 is 5.97 Å². The lowest BCUT2D eigenvalue weighted by Crippen LogP contribution is -1.99. The van der Waals surface area contributed by atoms with Crippen LogP contribution in [0.4, 0.5) is 0 Å². The minimum atomic E-state index is -1.04. The fourth-order valence-corrected chi connectivity index (χ4v) is 0.405. The predicted molar refractivity (Wildman–Crippen MR) is 36.7 cm³/mol. The number of carbonyl (C=O) groups is 2. The molecule has 3 nitrogen and oxygen atoms in total. The number of aliphatic carboxylic acids is 1. The van der Waals surface area contributed by atoms with Crippen LogP contribution in [-0.2, 0) is 9.59 Å². The molecule has 0 heterocycles. The van der Waals surface area contributed by atoms with E-state index in [4.69, 9.17) is 5.11 Å². The molecule has 1 N–H and O–H groups in total. The summed E-state index contributed by atoms with van der Waals surface area (Å²) in [6.07, 6.45) is 1.49. The summed E-state index contributed by atoms with van der Waals surface area (Å²) in [6.45, 7) is 3.09. The number of ketones is 1.